The fourth-order valence-electron chi connectivity index (χ4n) is 2.46. The molecule has 0 saturated carbocycles. The molecule has 1 aromatic rings. The van der Waals surface area contributed by atoms with E-state index in [4.69, 9.17) is 14.0 Å². The molecule has 0 spiro atoms. The Hall–Kier alpha value is -0.875. The van der Waals surface area contributed by atoms with Gasteiger partial charge in [-0.1, -0.05) is 24.3 Å². The van der Waals surface area contributed by atoms with Crippen molar-refractivity contribution in [3.05, 3.63) is 29.8 Å². The van der Waals surface area contributed by atoms with Crippen molar-refractivity contribution >= 4 is 12.6 Å². The molecule has 5 heteroatoms. The lowest BCUT2D eigenvalue weighted by molar-refractivity contribution is 0.00578. The summed E-state index contributed by atoms with van der Waals surface area (Å²) in [6.07, 6.45) is 0. The van der Waals surface area contributed by atoms with Gasteiger partial charge >= 0.3 is 7.12 Å². The molecule has 1 aliphatic heterocycles. The molecule has 4 nitrogen and oxygen atoms in total. The van der Waals surface area contributed by atoms with Crippen LogP contribution in [0.2, 0.25) is 0 Å². The Morgan fingerprint density at radius 3 is 2.36 bits per heavy atom. The number of ether oxygens (including phenoxy) is 1. The zero-order valence-electron chi connectivity index (χ0n) is 14.7. The van der Waals surface area contributed by atoms with Crippen LogP contribution in [-0.2, 0) is 20.6 Å². The van der Waals surface area contributed by atoms with E-state index in [1.54, 1.807) is 7.11 Å². The Labute approximate surface area is 134 Å². The van der Waals surface area contributed by atoms with Crippen LogP contribution in [0.1, 0.15) is 33.3 Å². The van der Waals surface area contributed by atoms with Gasteiger partial charge in [0, 0.05) is 20.2 Å². The van der Waals surface area contributed by atoms with Crippen LogP contribution in [0.3, 0.4) is 0 Å². The first-order valence-electron chi connectivity index (χ1n) is 7.87. The highest BCUT2D eigenvalue weighted by molar-refractivity contribution is 6.62. The maximum Gasteiger partial charge on any atom is 0.494 e. The Bertz CT molecular complexity index is 488. The average molecular weight is 305 g/mol. The van der Waals surface area contributed by atoms with Crippen molar-refractivity contribution in [2.45, 2.75) is 45.4 Å². The number of benzene rings is 1. The topological polar surface area (TPSA) is 30.9 Å². The zero-order chi connectivity index (χ0) is 16.4. The summed E-state index contributed by atoms with van der Waals surface area (Å²) >= 11 is 0. The van der Waals surface area contributed by atoms with Crippen LogP contribution >= 0.6 is 0 Å². The molecule has 0 N–H and O–H groups in total. The highest BCUT2D eigenvalue weighted by Gasteiger charge is 2.51. The molecule has 1 aliphatic rings. The molecule has 22 heavy (non-hydrogen) atoms. The van der Waals surface area contributed by atoms with Crippen molar-refractivity contribution in [2.75, 3.05) is 27.3 Å². The number of likely N-dealkylation sites (N-methyl/N-ethyl adjacent to an activating group) is 1. The van der Waals surface area contributed by atoms with Crippen LogP contribution in [0, 0.1) is 0 Å². The van der Waals surface area contributed by atoms with E-state index in [2.05, 4.69) is 63.9 Å². The van der Waals surface area contributed by atoms with Gasteiger partial charge in [-0.05, 0) is 45.8 Å². The van der Waals surface area contributed by atoms with E-state index in [0.29, 0.717) is 0 Å². The van der Waals surface area contributed by atoms with Gasteiger partial charge in [0.25, 0.3) is 0 Å². The number of nitrogens with zero attached hydrogens (tertiary/aromatic N) is 1. The van der Waals surface area contributed by atoms with Crippen LogP contribution in [0.5, 0.6) is 0 Å². The standard InChI is InChI=1S/C17H28BNO3/c1-16(2)17(3,4)22-18(21-16)15-9-7-8-14(12-15)13-19(5)10-11-20-6/h7-9,12H,10-11,13H2,1-6H3. The minimum Gasteiger partial charge on any atom is -0.399 e. The average Bonchev–Trinajstić information content (AvgIpc) is 2.65. The van der Waals surface area contributed by atoms with Gasteiger partial charge in [0.15, 0.2) is 0 Å². The number of hydrogen-bond donors (Lipinski definition) is 0. The van der Waals surface area contributed by atoms with E-state index in [-0.39, 0.29) is 18.3 Å². The monoisotopic (exact) mass is 305 g/mol. The normalized spacial score (nSPS) is 19.9. The van der Waals surface area contributed by atoms with E-state index in [0.717, 1.165) is 25.2 Å². The van der Waals surface area contributed by atoms with Crippen LogP contribution in [0.4, 0.5) is 0 Å². The fraction of sp³-hybridized carbons (Fsp3) is 0.647. The van der Waals surface area contributed by atoms with Crippen LogP contribution in [0.25, 0.3) is 0 Å². The number of hydrogen-bond acceptors (Lipinski definition) is 4. The lowest BCUT2D eigenvalue weighted by Gasteiger charge is -2.32. The Balaban J connectivity index is 2.06. The maximum absolute atomic E-state index is 6.12. The van der Waals surface area contributed by atoms with Gasteiger partial charge in [0.05, 0.1) is 17.8 Å². The second kappa shape index (κ2) is 6.71. The lowest BCUT2D eigenvalue weighted by Crippen LogP contribution is -2.41. The first-order valence-corrected chi connectivity index (χ1v) is 7.87. The van der Waals surface area contributed by atoms with Gasteiger partial charge in [-0.25, -0.2) is 0 Å². The largest absolute Gasteiger partial charge is 0.494 e. The molecule has 1 fully saturated rings. The fourth-order valence-corrected chi connectivity index (χ4v) is 2.46. The Morgan fingerprint density at radius 2 is 1.77 bits per heavy atom. The summed E-state index contributed by atoms with van der Waals surface area (Å²) < 4.78 is 17.4. The SMILES string of the molecule is COCCN(C)Cc1cccc(B2OC(C)(C)C(C)(C)O2)c1. The molecule has 2 rings (SSSR count). The van der Waals surface area contributed by atoms with Crippen molar-refractivity contribution in [1.29, 1.82) is 0 Å². The van der Waals surface area contributed by atoms with Crippen LogP contribution in [0.15, 0.2) is 24.3 Å². The van der Waals surface area contributed by atoms with Gasteiger partial charge in [-0.15, -0.1) is 0 Å². The van der Waals surface area contributed by atoms with Crippen LogP contribution < -0.4 is 5.46 Å². The molecule has 0 atom stereocenters. The van der Waals surface area contributed by atoms with Crippen molar-refractivity contribution < 1.29 is 14.0 Å². The second-order valence-corrected chi connectivity index (χ2v) is 7.06. The molecule has 0 bridgehead atoms. The third kappa shape index (κ3) is 3.90. The van der Waals surface area contributed by atoms with Gasteiger partial charge in [-0.3, -0.25) is 4.90 Å². The molecule has 0 aromatic heterocycles. The quantitative estimate of drug-likeness (QED) is 0.753. The minimum absolute atomic E-state index is 0.297. The summed E-state index contributed by atoms with van der Waals surface area (Å²) in [7, 11) is 3.53. The summed E-state index contributed by atoms with van der Waals surface area (Å²) in [5.74, 6) is 0. The highest BCUT2D eigenvalue weighted by atomic mass is 16.7. The molecule has 0 aliphatic carbocycles. The predicted molar refractivity (Wildman–Crippen MR) is 90.4 cm³/mol. The number of rotatable bonds is 6. The van der Waals surface area contributed by atoms with E-state index in [9.17, 15) is 0 Å². The molecule has 0 radical (unpaired) electrons. The summed E-state index contributed by atoms with van der Waals surface area (Å²) in [5.41, 5.74) is 1.73. The summed E-state index contributed by atoms with van der Waals surface area (Å²) in [5, 5.41) is 0. The molecule has 0 unspecified atom stereocenters. The first kappa shape index (κ1) is 17.5. The second-order valence-electron chi connectivity index (χ2n) is 7.06. The Morgan fingerprint density at radius 1 is 1.14 bits per heavy atom. The molecule has 122 valence electrons. The zero-order valence-corrected chi connectivity index (χ0v) is 14.7. The van der Waals surface area contributed by atoms with Gasteiger partial charge < -0.3 is 14.0 Å². The van der Waals surface area contributed by atoms with Gasteiger partial charge in [0.2, 0.25) is 0 Å². The Kier molecular flexibility index (Phi) is 5.33. The highest BCUT2D eigenvalue weighted by Crippen LogP contribution is 2.36. The van der Waals surface area contributed by atoms with Crippen molar-refractivity contribution in [1.82, 2.24) is 4.90 Å². The molecular weight excluding hydrogens is 277 g/mol. The van der Waals surface area contributed by atoms with E-state index in [1.807, 2.05) is 0 Å². The number of methoxy groups -OCH3 is 1. The van der Waals surface area contributed by atoms with Gasteiger partial charge in [0.1, 0.15) is 0 Å². The molecule has 0 amide bonds. The third-order valence-corrected chi connectivity index (χ3v) is 4.61. The molecule has 1 aromatic carbocycles. The lowest BCUT2D eigenvalue weighted by atomic mass is 9.78. The van der Waals surface area contributed by atoms with E-state index >= 15 is 0 Å². The molecule has 1 saturated heterocycles. The molecular formula is C17H28BNO3. The maximum atomic E-state index is 6.12. The van der Waals surface area contributed by atoms with Crippen LogP contribution in [-0.4, -0.2) is 50.5 Å². The predicted octanol–water partition coefficient (Wildman–Crippen LogP) is 2.06. The smallest absolute Gasteiger partial charge is 0.399 e. The first-order chi connectivity index (χ1) is 10.2. The van der Waals surface area contributed by atoms with Crippen molar-refractivity contribution in [3.8, 4) is 0 Å². The minimum atomic E-state index is -0.303. The van der Waals surface area contributed by atoms with E-state index < -0.39 is 0 Å². The van der Waals surface area contributed by atoms with Gasteiger partial charge in [-0.2, -0.15) is 0 Å². The van der Waals surface area contributed by atoms with Crippen molar-refractivity contribution in [2.24, 2.45) is 0 Å². The summed E-state index contributed by atoms with van der Waals surface area (Å²) in [6, 6.07) is 8.45. The van der Waals surface area contributed by atoms with E-state index in [1.165, 1.54) is 5.56 Å². The molecule has 1 heterocycles. The summed E-state index contributed by atoms with van der Waals surface area (Å²) in [6.45, 7) is 10.9. The third-order valence-electron chi connectivity index (χ3n) is 4.61. The summed E-state index contributed by atoms with van der Waals surface area (Å²) in [4.78, 5) is 2.24. The van der Waals surface area contributed by atoms with Crippen molar-refractivity contribution in [3.63, 3.8) is 0 Å².